The van der Waals surface area contributed by atoms with E-state index in [-0.39, 0.29) is 12.0 Å². The maximum atomic E-state index is 14.2. The van der Waals surface area contributed by atoms with Gasteiger partial charge in [-0.3, -0.25) is 4.90 Å². The van der Waals surface area contributed by atoms with Gasteiger partial charge in [0, 0.05) is 31.1 Å². The number of aliphatic hydroxyl groups is 1. The number of anilines is 1. The van der Waals surface area contributed by atoms with Crippen molar-refractivity contribution in [2.24, 2.45) is 5.92 Å². The normalized spacial score (nSPS) is 34.2. The maximum Gasteiger partial charge on any atom is 0.408 e. The van der Waals surface area contributed by atoms with Crippen LogP contribution in [-0.2, 0) is 0 Å². The highest BCUT2D eigenvalue weighted by Gasteiger charge is 2.57. The lowest BCUT2D eigenvalue weighted by molar-refractivity contribution is -0.0390. The number of nitrogens with zero attached hydrogens (tertiary/aromatic N) is 2. The number of halogens is 2. The molecule has 0 aromatic heterocycles. The first-order valence-corrected chi connectivity index (χ1v) is 9.31. The topological polar surface area (TPSA) is 64.0 Å². The minimum atomic E-state index is -0.926. The molecular weight excluding hydrogens is 342 g/mol. The largest absolute Gasteiger partial charge is 0.465 e. The van der Waals surface area contributed by atoms with E-state index >= 15 is 0 Å². The number of benzene rings is 1. The number of fused-ring (bicyclic) bond motifs is 2. The van der Waals surface area contributed by atoms with Crippen LogP contribution in [0.3, 0.4) is 0 Å². The number of carboxylic acid groups (broad SMARTS) is 1. The molecule has 4 unspecified atom stereocenters. The smallest absolute Gasteiger partial charge is 0.408 e. The second-order valence-electron chi connectivity index (χ2n) is 7.92. The van der Waals surface area contributed by atoms with Crippen molar-refractivity contribution in [2.45, 2.75) is 56.2 Å². The van der Waals surface area contributed by atoms with E-state index in [1.807, 2.05) is 4.90 Å². The third-order valence-corrected chi connectivity index (χ3v) is 6.53. The minimum absolute atomic E-state index is 0.0248. The molecule has 4 rings (SSSR count). The number of aliphatic hydroxyl groups excluding tert-OH is 1. The SMILES string of the molecule is O=C(O)N1C2CCC1(C1CCCN(c3ccc(F)cc3F)C1)CC(O)C2. The maximum absolute atomic E-state index is 14.2. The molecule has 1 aromatic rings. The molecule has 1 aromatic carbocycles. The second-order valence-corrected chi connectivity index (χ2v) is 7.92. The summed E-state index contributed by atoms with van der Waals surface area (Å²) in [4.78, 5) is 15.4. The average molecular weight is 366 g/mol. The van der Waals surface area contributed by atoms with Gasteiger partial charge in [0.05, 0.1) is 17.3 Å². The van der Waals surface area contributed by atoms with Gasteiger partial charge in [-0.25, -0.2) is 13.6 Å². The lowest BCUT2D eigenvalue weighted by Gasteiger charge is -2.52. The summed E-state index contributed by atoms with van der Waals surface area (Å²) in [5.41, 5.74) is -0.219. The van der Waals surface area contributed by atoms with Gasteiger partial charge in [0.25, 0.3) is 0 Å². The highest BCUT2D eigenvalue weighted by Crippen LogP contribution is 2.50. The van der Waals surface area contributed by atoms with Gasteiger partial charge in [-0.2, -0.15) is 0 Å². The molecule has 2 N–H and O–H groups in total. The molecule has 0 spiro atoms. The summed E-state index contributed by atoms with van der Waals surface area (Å²) in [6.07, 6.45) is 2.70. The van der Waals surface area contributed by atoms with E-state index in [9.17, 15) is 23.8 Å². The summed E-state index contributed by atoms with van der Waals surface area (Å²) in [5, 5.41) is 20.1. The molecule has 5 nitrogen and oxygen atoms in total. The zero-order chi connectivity index (χ0) is 18.5. The highest BCUT2D eigenvalue weighted by molar-refractivity contribution is 5.68. The summed E-state index contributed by atoms with van der Waals surface area (Å²) in [7, 11) is 0. The highest BCUT2D eigenvalue weighted by atomic mass is 19.1. The van der Waals surface area contributed by atoms with Gasteiger partial charge in [-0.15, -0.1) is 0 Å². The molecule has 7 heteroatoms. The third kappa shape index (κ3) is 2.73. The Hall–Kier alpha value is -1.89. The van der Waals surface area contributed by atoms with Crippen molar-refractivity contribution in [3.8, 4) is 0 Å². The number of hydrogen-bond acceptors (Lipinski definition) is 3. The van der Waals surface area contributed by atoms with E-state index in [2.05, 4.69) is 0 Å². The molecule has 1 amide bonds. The van der Waals surface area contributed by atoms with Gasteiger partial charge in [0.15, 0.2) is 0 Å². The van der Waals surface area contributed by atoms with Crippen molar-refractivity contribution >= 4 is 11.8 Å². The molecule has 3 heterocycles. The van der Waals surface area contributed by atoms with E-state index in [4.69, 9.17) is 0 Å². The van der Waals surface area contributed by atoms with E-state index in [1.165, 1.54) is 12.1 Å². The first-order valence-electron chi connectivity index (χ1n) is 9.31. The second kappa shape index (κ2) is 6.37. The summed E-state index contributed by atoms with van der Waals surface area (Å²) in [6, 6.07) is 3.46. The van der Waals surface area contributed by atoms with Crippen molar-refractivity contribution in [1.29, 1.82) is 0 Å². The number of amides is 1. The summed E-state index contributed by atoms with van der Waals surface area (Å²) in [6.45, 7) is 1.18. The summed E-state index contributed by atoms with van der Waals surface area (Å²) >= 11 is 0. The molecule has 3 saturated heterocycles. The summed E-state index contributed by atoms with van der Waals surface area (Å²) < 4.78 is 27.5. The monoisotopic (exact) mass is 366 g/mol. The van der Waals surface area contributed by atoms with Gasteiger partial charge in [0.1, 0.15) is 11.6 Å². The molecule has 142 valence electrons. The van der Waals surface area contributed by atoms with Crippen molar-refractivity contribution < 1.29 is 23.8 Å². The molecule has 0 radical (unpaired) electrons. The van der Waals surface area contributed by atoms with E-state index < -0.39 is 29.4 Å². The van der Waals surface area contributed by atoms with Crippen LogP contribution in [0.15, 0.2) is 18.2 Å². The Bertz CT molecular complexity index is 716. The van der Waals surface area contributed by atoms with Crippen LogP contribution in [0, 0.1) is 17.6 Å². The Labute approximate surface area is 151 Å². The molecule has 0 saturated carbocycles. The average Bonchev–Trinajstić information content (AvgIpc) is 2.85. The minimum Gasteiger partial charge on any atom is -0.465 e. The van der Waals surface area contributed by atoms with Gasteiger partial charge in [-0.05, 0) is 50.7 Å². The van der Waals surface area contributed by atoms with Crippen LogP contribution in [0.1, 0.15) is 38.5 Å². The number of hydrogen-bond donors (Lipinski definition) is 2. The third-order valence-electron chi connectivity index (χ3n) is 6.53. The molecule has 3 fully saturated rings. The Kier molecular flexibility index (Phi) is 4.29. The van der Waals surface area contributed by atoms with Crippen LogP contribution in [0.2, 0.25) is 0 Å². The van der Waals surface area contributed by atoms with Crippen LogP contribution in [0.25, 0.3) is 0 Å². The first kappa shape index (κ1) is 17.5. The van der Waals surface area contributed by atoms with E-state index in [1.54, 1.807) is 4.90 Å². The fourth-order valence-electron chi connectivity index (χ4n) is 5.55. The van der Waals surface area contributed by atoms with E-state index in [0.29, 0.717) is 31.6 Å². The van der Waals surface area contributed by atoms with Crippen LogP contribution >= 0.6 is 0 Å². The van der Waals surface area contributed by atoms with E-state index in [0.717, 1.165) is 31.7 Å². The standard InChI is InChI=1S/C19H24F2N2O3/c20-13-3-4-17(16(21)8-13)22-7-1-2-12(11-22)19-6-5-14(9-15(24)10-19)23(19)18(25)26/h3-4,8,12,14-15,24H,1-2,5-7,9-11H2,(H,25,26). The molecule has 26 heavy (non-hydrogen) atoms. The van der Waals surface area contributed by atoms with Crippen LogP contribution in [-0.4, -0.2) is 52.0 Å². The Morgan fingerprint density at radius 3 is 2.81 bits per heavy atom. The Morgan fingerprint density at radius 1 is 1.27 bits per heavy atom. The molecule has 3 aliphatic rings. The molecule has 4 atom stereocenters. The van der Waals surface area contributed by atoms with Gasteiger partial charge < -0.3 is 15.1 Å². The van der Waals surface area contributed by atoms with Crippen molar-refractivity contribution in [2.75, 3.05) is 18.0 Å². The molecule has 0 aliphatic carbocycles. The Morgan fingerprint density at radius 2 is 2.08 bits per heavy atom. The van der Waals surface area contributed by atoms with Crippen molar-refractivity contribution in [3.05, 3.63) is 29.8 Å². The molecule has 2 bridgehead atoms. The van der Waals surface area contributed by atoms with Crippen LogP contribution in [0.5, 0.6) is 0 Å². The lowest BCUT2D eigenvalue weighted by atomic mass is 9.72. The predicted octanol–water partition coefficient (Wildman–Crippen LogP) is 3.22. The number of piperidine rings is 2. The van der Waals surface area contributed by atoms with Gasteiger partial charge in [-0.1, -0.05) is 0 Å². The fraction of sp³-hybridized carbons (Fsp3) is 0.632. The van der Waals surface area contributed by atoms with Crippen molar-refractivity contribution in [1.82, 2.24) is 4.90 Å². The fourth-order valence-corrected chi connectivity index (χ4v) is 5.55. The Balaban J connectivity index is 1.63. The summed E-state index contributed by atoms with van der Waals surface area (Å²) in [5.74, 6) is -1.17. The lowest BCUT2D eigenvalue weighted by Crippen LogP contribution is -2.62. The zero-order valence-corrected chi connectivity index (χ0v) is 14.6. The first-order chi connectivity index (χ1) is 12.4. The predicted molar refractivity (Wildman–Crippen MR) is 92.2 cm³/mol. The number of rotatable bonds is 2. The van der Waals surface area contributed by atoms with Gasteiger partial charge >= 0.3 is 6.09 Å². The zero-order valence-electron chi connectivity index (χ0n) is 14.6. The quantitative estimate of drug-likeness (QED) is 0.844. The number of carbonyl (C=O) groups is 1. The van der Waals surface area contributed by atoms with Crippen LogP contribution in [0.4, 0.5) is 19.3 Å². The molecular formula is C19H24F2N2O3. The van der Waals surface area contributed by atoms with Gasteiger partial charge in [0.2, 0.25) is 0 Å². The van der Waals surface area contributed by atoms with Crippen molar-refractivity contribution in [3.63, 3.8) is 0 Å². The van der Waals surface area contributed by atoms with Crippen LogP contribution < -0.4 is 4.90 Å². The molecule has 3 aliphatic heterocycles.